The molecule has 1 aliphatic heterocycles. The van der Waals surface area contributed by atoms with E-state index in [2.05, 4.69) is 58.8 Å². The Morgan fingerprint density at radius 1 is 1.10 bits per heavy atom. The van der Waals surface area contributed by atoms with E-state index in [4.69, 9.17) is 0 Å². The van der Waals surface area contributed by atoms with Gasteiger partial charge in [-0.25, -0.2) is 0 Å². The zero-order valence-electron chi connectivity index (χ0n) is 11.4. The number of nitrogens with zero attached hydrogens (tertiary/aromatic N) is 2. The Hall–Kier alpha value is -1.71. The molecule has 0 spiro atoms. The van der Waals surface area contributed by atoms with Crippen molar-refractivity contribution in [2.75, 3.05) is 13.6 Å². The first-order valence-corrected chi connectivity index (χ1v) is 7.70. The Morgan fingerprint density at radius 2 is 1.95 bits per heavy atom. The van der Waals surface area contributed by atoms with Crippen molar-refractivity contribution in [3.63, 3.8) is 0 Å². The lowest BCUT2D eigenvalue weighted by Crippen LogP contribution is -2.30. The largest absolute Gasteiger partial charge is 0.301 e. The lowest BCUT2D eigenvalue weighted by molar-refractivity contribution is 0.296. The molecule has 100 valence electrons. The summed E-state index contributed by atoms with van der Waals surface area (Å²) in [5.74, 6) is 0.453. The molecular weight excluding hydrogens is 264 g/mol. The molecule has 3 aromatic rings. The highest BCUT2D eigenvalue weighted by Gasteiger charge is 2.25. The summed E-state index contributed by atoms with van der Waals surface area (Å²) in [6, 6.07) is 15.4. The number of rotatable bonds is 1. The first-order chi connectivity index (χ1) is 9.83. The molecule has 0 saturated heterocycles. The van der Waals surface area contributed by atoms with E-state index in [1.165, 1.54) is 26.8 Å². The molecule has 0 amide bonds. The molecule has 0 fully saturated rings. The van der Waals surface area contributed by atoms with Crippen molar-refractivity contribution in [3.8, 4) is 0 Å². The summed E-state index contributed by atoms with van der Waals surface area (Å²) < 4.78 is 5.70. The maximum atomic E-state index is 4.36. The van der Waals surface area contributed by atoms with Gasteiger partial charge in [-0.3, -0.25) is 0 Å². The van der Waals surface area contributed by atoms with Crippen LogP contribution in [-0.4, -0.2) is 22.9 Å². The molecule has 1 unspecified atom stereocenters. The zero-order chi connectivity index (χ0) is 13.5. The van der Waals surface area contributed by atoms with Crippen LogP contribution in [0.1, 0.15) is 22.6 Å². The highest BCUT2D eigenvalue weighted by molar-refractivity contribution is 7.13. The lowest BCUT2D eigenvalue weighted by atomic mass is 9.84. The minimum Gasteiger partial charge on any atom is -0.301 e. The molecule has 1 aliphatic rings. The topological polar surface area (TPSA) is 16.1 Å². The summed E-state index contributed by atoms with van der Waals surface area (Å²) in [4.78, 5) is 2.41. The third-order valence-corrected chi connectivity index (χ3v) is 5.02. The Morgan fingerprint density at radius 3 is 2.90 bits per heavy atom. The first kappa shape index (κ1) is 12.1. The second-order valence-corrected chi connectivity index (χ2v) is 6.34. The van der Waals surface area contributed by atoms with Crippen LogP contribution in [0.5, 0.6) is 0 Å². The van der Waals surface area contributed by atoms with Crippen LogP contribution in [-0.2, 0) is 6.54 Å². The molecule has 1 aromatic heterocycles. The standard InChI is InChI=1S/C17H16N2S/c1-19-10-13-5-2-3-7-14(13)16(11-19)15-8-4-6-12-9-18-20-17(12)15/h2-9,16H,10-11H2,1H3. The van der Waals surface area contributed by atoms with E-state index < -0.39 is 0 Å². The van der Waals surface area contributed by atoms with Crippen molar-refractivity contribution in [1.29, 1.82) is 0 Å². The van der Waals surface area contributed by atoms with Gasteiger partial charge in [0.2, 0.25) is 0 Å². The molecule has 2 heterocycles. The summed E-state index contributed by atoms with van der Waals surface area (Å²) in [6.45, 7) is 2.12. The highest BCUT2D eigenvalue weighted by atomic mass is 32.1. The summed E-state index contributed by atoms with van der Waals surface area (Å²) in [5.41, 5.74) is 4.35. The van der Waals surface area contributed by atoms with Gasteiger partial charge >= 0.3 is 0 Å². The van der Waals surface area contributed by atoms with Gasteiger partial charge in [0.05, 0.1) is 4.70 Å². The van der Waals surface area contributed by atoms with Gasteiger partial charge in [0.25, 0.3) is 0 Å². The predicted octanol–water partition coefficient (Wildman–Crippen LogP) is 3.87. The van der Waals surface area contributed by atoms with Gasteiger partial charge in [-0.05, 0) is 35.3 Å². The molecule has 2 nitrogen and oxygen atoms in total. The smallest absolute Gasteiger partial charge is 0.0588 e. The van der Waals surface area contributed by atoms with E-state index in [0.717, 1.165) is 13.1 Å². The third-order valence-electron chi connectivity index (χ3n) is 4.15. The molecule has 0 aliphatic carbocycles. The van der Waals surface area contributed by atoms with E-state index in [0.29, 0.717) is 5.92 Å². The van der Waals surface area contributed by atoms with Crippen LogP contribution in [0.4, 0.5) is 0 Å². The minimum absolute atomic E-state index is 0.453. The first-order valence-electron chi connectivity index (χ1n) is 6.92. The average Bonchev–Trinajstić information content (AvgIpc) is 2.94. The van der Waals surface area contributed by atoms with Crippen molar-refractivity contribution < 1.29 is 0 Å². The number of hydrogen-bond donors (Lipinski definition) is 0. The SMILES string of the molecule is CN1Cc2ccccc2C(c2cccc3cnsc23)C1. The van der Waals surface area contributed by atoms with E-state index in [1.807, 2.05) is 6.20 Å². The van der Waals surface area contributed by atoms with E-state index in [9.17, 15) is 0 Å². The van der Waals surface area contributed by atoms with Crippen LogP contribution >= 0.6 is 11.5 Å². The highest BCUT2D eigenvalue weighted by Crippen LogP contribution is 2.37. The monoisotopic (exact) mass is 280 g/mol. The summed E-state index contributed by atoms with van der Waals surface area (Å²) in [7, 11) is 2.20. The number of aromatic nitrogens is 1. The molecule has 0 N–H and O–H groups in total. The van der Waals surface area contributed by atoms with Gasteiger partial charge in [-0.2, -0.15) is 4.37 Å². The van der Waals surface area contributed by atoms with Crippen LogP contribution in [0.3, 0.4) is 0 Å². The van der Waals surface area contributed by atoms with Crippen LogP contribution in [0.2, 0.25) is 0 Å². The van der Waals surface area contributed by atoms with Crippen molar-refractivity contribution in [2.45, 2.75) is 12.5 Å². The van der Waals surface area contributed by atoms with Gasteiger partial charge in [0.1, 0.15) is 0 Å². The minimum atomic E-state index is 0.453. The van der Waals surface area contributed by atoms with Crippen LogP contribution < -0.4 is 0 Å². The number of fused-ring (bicyclic) bond motifs is 2. The molecule has 1 atom stereocenters. The Bertz CT molecular complexity index is 762. The van der Waals surface area contributed by atoms with Crippen molar-refractivity contribution >= 4 is 21.6 Å². The van der Waals surface area contributed by atoms with Crippen LogP contribution in [0, 0.1) is 0 Å². The average molecular weight is 280 g/mol. The van der Waals surface area contributed by atoms with E-state index in [1.54, 1.807) is 11.5 Å². The summed E-state index contributed by atoms with van der Waals surface area (Å²) in [6.07, 6.45) is 1.97. The van der Waals surface area contributed by atoms with Crippen LogP contribution in [0.25, 0.3) is 10.1 Å². The zero-order valence-corrected chi connectivity index (χ0v) is 12.2. The molecule has 2 aromatic carbocycles. The maximum Gasteiger partial charge on any atom is 0.0588 e. The fourth-order valence-corrected chi connectivity index (χ4v) is 4.05. The Kier molecular flexibility index (Phi) is 2.83. The Labute approximate surface area is 122 Å². The number of hydrogen-bond acceptors (Lipinski definition) is 3. The molecule has 3 heteroatoms. The molecular formula is C17H16N2S. The van der Waals surface area contributed by atoms with E-state index >= 15 is 0 Å². The molecule has 20 heavy (non-hydrogen) atoms. The summed E-state index contributed by atoms with van der Waals surface area (Å²) >= 11 is 1.61. The van der Waals surface area contributed by atoms with Gasteiger partial charge < -0.3 is 4.90 Å². The normalized spacial score (nSPS) is 19.1. The van der Waals surface area contributed by atoms with Crippen molar-refractivity contribution in [2.24, 2.45) is 0 Å². The fraction of sp³-hybridized carbons (Fsp3) is 0.235. The maximum absolute atomic E-state index is 4.36. The lowest BCUT2D eigenvalue weighted by Gasteiger charge is -2.32. The summed E-state index contributed by atoms with van der Waals surface area (Å²) in [5, 5.41) is 1.26. The van der Waals surface area contributed by atoms with Gasteiger partial charge in [0.15, 0.2) is 0 Å². The van der Waals surface area contributed by atoms with Crippen molar-refractivity contribution in [3.05, 3.63) is 65.4 Å². The fourth-order valence-electron chi connectivity index (χ4n) is 3.24. The third kappa shape index (κ3) is 1.86. The quantitative estimate of drug-likeness (QED) is 0.672. The molecule has 0 bridgehead atoms. The molecule has 0 saturated carbocycles. The van der Waals surface area contributed by atoms with Gasteiger partial charge in [-0.15, -0.1) is 0 Å². The predicted molar refractivity (Wildman–Crippen MR) is 84.2 cm³/mol. The molecule has 0 radical (unpaired) electrons. The van der Waals surface area contributed by atoms with Crippen LogP contribution in [0.15, 0.2) is 48.7 Å². The Balaban J connectivity index is 1.92. The second kappa shape index (κ2) is 4.69. The van der Waals surface area contributed by atoms with Gasteiger partial charge in [0, 0.05) is 30.6 Å². The van der Waals surface area contributed by atoms with Gasteiger partial charge in [-0.1, -0.05) is 42.5 Å². The number of benzene rings is 2. The second-order valence-electron chi connectivity index (χ2n) is 5.54. The van der Waals surface area contributed by atoms with E-state index in [-0.39, 0.29) is 0 Å². The number of likely N-dealkylation sites (N-methyl/N-ethyl adjacent to an activating group) is 1. The molecule has 4 rings (SSSR count). The van der Waals surface area contributed by atoms with Crippen molar-refractivity contribution in [1.82, 2.24) is 9.27 Å².